The summed E-state index contributed by atoms with van der Waals surface area (Å²) in [7, 11) is 1.97. The highest BCUT2D eigenvalue weighted by Gasteiger charge is 2.20. The SMILES string of the molecule is CCCNC(Cc1ncnn1C)CC(C)CC(C)(C)C. The molecular weight excluding hydrogens is 248 g/mol. The van der Waals surface area contributed by atoms with Gasteiger partial charge in [0.15, 0.2) is 0 Å². The van der Waals surface area contributed by atoms with E-state index in [2.05, 4.69) is 50.0 Å². The van der Waals surface area contributed by atoms with Crippen LogP contribution in [0, 0.1) is 11.3 Å². The van der Waals surface area contributed by atoms with E-state index in [1.807, 2.05) is 11.7 Å². The molecule has 2 atom stereocenters. The fourth-order valence-electron chi connectivity index (χ4n) is 2.93. The lowest BCUT2D eigenvalue weighted by molar-refractivity contribution is 0.272. The second-order valence-electron chi connectivity index (χ2n) is 7.26. The monoisotopic (exact) mass is 280 g/mol. The normalized spacial score (nSPS) is 15.3. The van der Waals surface area contributed by atoms with Gasteiger partial charge >= 0.3 is 0 Å². The first-order valence-corrected chi connectivity index (χ1v) is 7.88. The van der Waals surface area contributed by atoms with Crippen LogP contribution in [0.2, 0.25) is 0 Å². The average Bonchev–Trinajstić information content (AvgIpc) is 2.69. The van der Waals surface area contributed by atoms with Crippen LogP contribution in [-0.2, 0) is 13.5 Å². The van der Waals surface area contributed by atoms with Crippen molar-refractivity contribution in [3.63, 3.8) is 0 Å². The molecule has 0 bridgehead atoms. The zero-order valence-electron chi connectivity index (χ0n) is 14.1. The molecule has 4 heteroatoms. The highest BCUT2D eigenvalue weighted by atomic mass is 15.3. The molecule has 1 rings (SSSR count). The topological polar surface area (TPSA) is 42.7 Å². The molecule has 0 radical (unpaired) electrons. The van der Waals surface area contributed by atoms with E-state index in [0.717, 1.165) is 24.7 Å². The number of aromatic nitrogens is 3. The Morgan fingerprint density at radius 3 is 2.55 bits per heavy atom. The van der Waals surface area contributed by atoms with Crippen LogP contribution in [0.4, 0.5) is 0 Å². The van der Waals surface area contributed by atoms with Crippen molar-refractivity contribution in [2.75, 3.05) is 6.54 Å². The Morgan fingerprint density at radius 2 is 2.05 bits per heavy atom. The van der Waals surface area contributed by atoms with Gasteiger partial charge in [-0.3, -0.25) is 4.68 Å². The number of nitrogens with zero attached hydrogens (tertiary/aromatic N) is 3. The van der Waals surface area contributed by atoms with E-state index >= 15 is 0 Å². The molecule has 116 valence electrons. The van der Waals surface area contributed by atoms with Gasteiger partial charge in [-0.1, -0.05) is 34.6 Å². The van der Waals surface area contributed by atoms with Gasteiger partial charge in [0, 0.05) is 19.5 Å². The van der Waals surface area contributed by atoms with Crippen LogP contribution in [0.25, 0.3) is 0 Å². The molecule has 4 nitrogen and oxygen atoms in total. The Morgan fingerprint density at radius 1 is 1.35 bits per heavy atom. The maximum Gasteiger partial charge on any atom is 0.138 e. The van der Waals surface area contributed by atoms with Gasteiger partial charge in [0.05, 0.1) is 0 Å². The lowest BCUT2D eigenvalue weighted by Crippen LogP contribution is -2.34. The van der Waals surface area contributed by atoms with Crippen molar-refractivity contribution in [3.8, 4) is 0 Å². The summed E-state index contributed by atoms with van der Waals surface area (Å²) in [5.41, 5.74) is 0.402. The molecule has 2 unspecified atom stereocenters. The van der Waals surface area contributed by atoms with Crippen LogP contribution in [0.15, 0.2) is 6.33 Å². The molecule has 1 aromatic rings. The van der Waals surface area contributed by atoms with E-state index in [9.17, 15) is 0 Å². The lowest BCUT2D eigenvalue weighted by atomic mass is 9.82. The number of rotatable bonds is 8. The van der Waals surface area contributed by atoms with E-state index in [-0.39, 0.29) is 0 Å². The number of hydrogen-bond donors (Lipinski definition) is 1. The van der Waals surface area contributed by atoms with E-state index in [0.29, 0.717) is 11.5 Å². The lowest BCUT2D eigenvalue weighted by Gasteiger charge is -2.27. The maximum absolute atomic E-state index is 4.36. The van der Waals surface area contributed by atoms with Gasteiger partial charge in [0.25, 0.3) is 0 Å². The van der Waals surface area contributed by atoms with E-state index in [1.54, 1.807) is 6.33 Å². The summed E-state index contributed by atoms with van der Waals surface area (Å²) in [5, 5.41) is 7.84. The summed E-state index contributed by atoms with van der Waals surface area (Å²) in [4.78, 5) is 4.36. The molecule has 0 aromatic carbocycles. The Bertz CT molecular complexity index is 378. The molecule has 0 saturated carbocycles. The molecule has 0 fully saturated rings. The van der Waals surface area contributed by atoms with Crippen molar-refractivity contribution in [1.82, 2.24) is 20.1 Å². The van der Waals surface area contributed by atoms with E-state index < -0.39 is 0 Å². The van der Waals surface area contributed by atoms with Crippen molar-refractivity contribution >= 4 is 0 Å². The Balaban J connectivity index is 2.57. The fraction of sp³-hybridized carbons (Fsp3) is 0.875. The molecule has 0 saturated heterocycles. The van der Waals surface area contributed by atoms with Crippen LogP contribution in [-0.4, -0.2) is 27.4 Å². The first kappa shape index (κ1) is 17.2. The molecule has 1 heterocycles. The second kappa shape index (κ2) is 7.77. The van der Waals surface area contributed by atoms with E-state index in [4.69, 9.17) is 0 Å². The predicted molar refractivity (Wildman–Crippen MR) is 84.6 cm³/mol. The molecule has 1 aromatic heterocycles. The highest BCUT2D eigenvalue weighted by molar-refractivity contribution is 4.90. The van der Waals surface area contributed by atoms with Crippen LogP contribution >= 0.6 is 0 Å². The molecule has 20 heavy (non-hydrogen) atoms. The van der Waals surface area contributed by atoms with Crippen molar-refractivity contribution in [1.29, 1.82) is 0 Å². The number of hydrogen-bond acceptors (Lipinski definition) is 3. The summed E-state index contributed by atoms with van der Waals surface area (Å²) in [6.45, 7) is 12.6. The van der Waals surface area contributed by atoms with Gasteiger partial charge in [0.1, 0.15) is 12.2 Å². The zero-order valence-corrected chi connectivity index (χ0v) is 14.1. The minimum atomic E-state index is 0.402. The zero-order chi connectivity index (χ0) is 15.2. The molecule has 0 aliphatic heterocycles. The minimum absolute atomic E-state index is 0.402. The molecule has 0 amide bonds. The van der Waals surface area contributed by atoms with E-state index in [1.165, 1.54) is 19.3 Å². The minimum Gasteiger partial charge on any atom is -0.314 e. The Hall–Kier alpha value is -0.900. The smallest absolute Gasteiger partial charge is 0.138 e. The van der Waals surface area contributed by atoms with Gasteiger partial charge in [-0.25, -0.2) is 4.98 Å². The predicted octanol–water partition coefficient (Wildman–Crippen LogP) is 3.19. The van der Waals surface area contributed by atoms with Crippen LogP contribution in [0.3, 0.4) is 0 Å². The van der Waals surface area contributed by atoms with Gasteiger partial charge in [-0.05, 0) is 37.1 Å². The third-order valence-corrected chi connectivity index (χ3v) is 3.56. The summed E-state index contributed by atoms with van der Waals surface area (Å²) >= 11 is 0. The number of aryl methyl sites for hydroxylation is 1. The van der Waals surface area contributed by atoms with Gasteiger partial charge in [0.2, 0.25) is 0 Å². The largest absolute Gasteiger partial charge is 0.314 e. The second-order valence-corrected chi connectivity index (χ2v) is 7.26. The summed E-state index contributed by atoms with van der Waals surface area (Å²) in [5.74, 6) is 1.79. The van der Waals surface area contributed by atoms with Gasteiger partial charge in [-0.2, -0.15) is 5.10 Å². The van der Waals surface area contributed by atoms with Crippen molar-refractivity contribution in [2.45, 2.75) is 66.3 Å². The molecular formula is C16H32N4. The molecule has 0 spiro atoms. The van der Waals surface area contributed by atoms with Gasteiger partial charge < -0.3 is 5.32 Å². The van der Waals surface area contributed by atoms with Crippen LogP contribution < -0.4 is 5.32 Å². The standard InChI is InChI=1S/C16H32N4/c1-7-8-17-14(9-13(2)11-16(3,4)5)10-15-18-12-19-20(15)6/h12-14,17H,7-11H2,1-6H3. The van der Waals surface area contributed by atoms with Gasteiger partial charge in [-0.15, -0.1) is 0 Å². The fourth-order valence-corrected chi connectivity index (χ4v) is 2.93. The van der Waals surface area contributed by atoms with Crippen LogP contribution in [0.1, 0.15) is 59.7 Å². The Kier molecular flexibility index (Phi) is 6.66. The third-order valence-electron chi connectivity index (χ3n) is 3.56. The Labute approximate surface area is 124 Å². The van der Waals surface area contributed by atoms with Crippen molar-refractivity contribution in [3.05, 3.63) is 12.2 Å². The molecule has 1 N–H and O–H groups in total. The summed E-state index contributed by atoms with van der Waals surface area (Å²) < 4.78 is 1.88. The third kappa shape index (κ3) is 6.51. The highest BCUT2D eigenvalue weighted by Crippen LogP contribution is 2.27. The average molecular weight is 280 g/mol. The van der Waals surface area contributed by atoms with Crippen LogP contribution in [0.5, 0.6) is 0 Å². The number of nitrogens with one attached hydrogen (secondary N) is 1. The maximum atomic E-state index is 4.36. The molecule has 0 aliphatic rings. The molecule has 0 aliphatic carbocycles. The first-order chi connectivity index (χ1) is 9.31. The summed E-state index contributed by atoms with van der Waals surface area (Å²) in [6.07, 6.45) is 6.24. The summed E-state index contributed by atoms with van der Waals surface area (Å²) in [6, 6.07) is 0.496. The quantitative estimate of drug-likeness (QED) is 0.795. The van der Waals surface area contributed by atoms with Crippen molar-refractivity contribution < 1.29 is 0 Å². The van der Waals surface area contributed by atoms with Crippen molar-refractivity contribution in [2.24, 2.45) is 18.4 Å². The first-order valence-electron chi connectivity index (χ1n) is 7.88.